The summed E-state index contributed by atoms with van der Waals surface area (Å²) < 4.78 is 16.4. The minimum absolute atomic E-state index is 0.549. The molecule has 0 radical (unpaired) electrons. The Hall–Kier alpha value is -2.54. The lowest BCUT2D eigenvalue weighted by atomic mass is 10.1. The smallest absolute Gasteiger partial charge is 0.191 e. The van der Waals surface area contributed by atoms with E-state index in [-0.39, 0.29) is 0 Å². The van der Waals surface area contributed by atoms with Crippen LogP contribution in [0.2, 0.25) is 0 Å². The van der Waals surface area contributed by atoms with E-state index >= 15 is 0 Å². The third-order valence-corrected chi connectivity index (χ3v) is 4.29. The van der Waals surface area contributed by atoms with Crippen molar-refractivity contribution in [2.75, 3.05) is 26.8 Å². The molecule has 0 bridgehead atoms. The number of hydrogen-bond acceptors (Lipinski definition) is 5. The fourth-order valence-corrected chi connectivity index (χ4v) is 2.81. The largest absolute Gasteiger partial charge is 0.497 e. The number of ether oxygens (including phenoxy) is 2. The highest BCUT2D eigenvalue weighted by atomic mass is 16.5. The third-order valence-electron chi connectivity index (χ3n) is 4.29. The van der Waals surface area contributed by atoms with Crippen LogP contribution in [0.3, 0.4) is 0 Å². The summed E-state index contributed by atoms with van der Waals surface area (Å²) in [5.41, 5.74) is 3.17. The Labute approximate surface area is 167 Å². The first-order valence-corrected chi connectivity index (χ1v) is 9.90. The van der Waals surface area contributed by atoms with E-state index in [0.29, 0.717) is 26.3 Å². The van der Waals surface area contributed by atoms with E-state index in [4.69, 9.17) is 14.0 Å². The first kappa shape index (κ1) is 21.8. The van der Waals surface area contributed by atoms with Crippen LogP contribution < -0.4 is 15.4 Å². The number of aliphatic imine (C=N–C) groups is 1. The number of nitrogens with one attached hydrogen (secondary N) is 2. The Morgan fingerprint density at radius 1 is 1.18 bits per heavy atom. The van der Waals surface area contributed by atoms with Crippen LogP contribution in [0, 0.1) is 0 Å². The second kappa shape index (κ2) is 12.0. The van der Waals surface area contributed by atoms with Crippen molar-refractivity contribution >= 4 is 5.96 Å². The first-order chi connectivity index (χ1) is 13.7. The van der Waals surface area contributed by atoms with Crippen LogP contribution in [0.1, 0.15) is 43.4 Å². The highest BCUT2D eigenvalue weighted by Crippen LogP contribution is 2.16. The van der Waals surface area contributed by atoms with Gasteiger partial charge in [0.1, 0.15) is 11.5 Å². The van der Waals surface area contributed by atoms with Gasteiger partial charge < -0.3 is 24.6 Å². The van der Waals surface area contributed by atoms with E-state index in [2.05, 4.69) is 34.6 Å². The average molecular weight is 389 g/mol. The fourth-order valence-electron chi connectivity index (χ4n) is 2.81. The van der Waals surface area contributed by atoms with Crippen molar-refractivity contribution in [2.24, 2.45) is 4.99 Å². The maximum Gasteiger partial charge on any atom is 0.191 e. The normalized spacial score (nSPS) is 11.5. The SMILES string of the molecule is CCNC(=NCc1c(CC)noc1CC)NCCOCc1cccc(OC)c1. The Morgan fingerprint density at radius 3 is 2.75 bits per heavy atom. The zero-order valence-corrected chi connectivity index (χ0v) is 17.4. The molecule has 2 aromatic rings. The Morgan fingerprint density at radius 2 is 2.04 bits per heavy atom. The van der Waals surface area contributed by atoms with Crippen LogP contribution in [0.25, 0.3) is 0 Å². The van der Waals surface area contributed by atoms with Gasteiger partial charge in [0.05, 0.1) is 32.6 Å². The molecule has 2 N–H and O–H groups in total. The second-order valence-corrected chi connectivity index (χ2v) is 6.26. The molecule has 0 spiro atoms. The van der Waals surface area contributed by atoms with Crippen molar-refractivity contribution in [2.45, 2.75) is 46.8 Å². The summed E-state index contributed by atoms with van der Waals surface area (Å²) in [6.45, 7) is 9.33. The molecule has 0 saturated heterocycles. The van der Waals surface area contributed by atoms with Gasteiger partial charge in [-0.3, -0.25) is 0 Å². The standard InChI is InChI=1S/C21H32N4O3/c1-5-19-18(20(6-2)28-25-19)14-24-21(22-7-3)23-11-12-27-15-16-9-8-10-17(13-16)26-4/h8-10,13H,5-7,11-12,14-15H2,1-4H3,(H2,22,23,24). The van der Waals surface area contributed by atoms with Gasteiger partial charge in [0.15, 0.2) is 5.96 Å². The predicted octanol–water partition coefficient (Wildman–Crippen LogP) is 3.08. The van der Waals surface area contributed by atoms with Crippen LogP contribution in [0.15, 0.2) is 33.8 Å². The number of aryl methyl sites for hydroxylation is 2. The second-order valence-electron chi connectivity index (χ2n) is 6.26. The van der Waals surface area contributed by atoms with Gasteiger partial charge in [0, 0.05) is 25.1 Å². The Balaban J connectivity index is 1.82. The molecular formula is C21H32N4O3. The zero-order chi connectivity index (χ0) is 20.2. The van der Waals surface area contributed by atoms with E-state index in [1.807, 2.05) is 31.2 Å². The van der Waals surface area contributed by atoms with Crippen LogP contribution >= 0.6 is 0 Å². The predicted molar refractivity (Wildman–Crippen MR) is 111 cm³/mol. The van der Waals surface area contributed by atoms with Crippen molar-refractivity contribution in [3.8, 4) is 5.75 Å². The van der Waals surface area contributed by atoms with Gasteiger partial charge in [-0.2, -0.15) is 0 Å². The number of rotatable bonds is 11. The molecule has 0 fully saturated rings. The molecule has 1 heterocycles. The molecule has 0 amide bonds. The zero-order valence-electron chi connectivity index (χ0n) is 17.4. The van der Waals surface area contributed by atoms with Gasteiger partial charge in [-0.05, 0) is 31.0 Å². The molecule has 0 aliphatic carbocycles. The molecule has 0 aliphatic rings. The molecular weight excluding hydrogens is 356 g/mol. The van der Waals surface area contributed by atoms with Crippen LogP contribution in [-0.2, 0) is 30.7 Å². The van der Waals surface area contributed by atoms with Crippen molar-refractivity contribution in [1.82, 2.24) is 15.8 Å². The topological polar surface area (TPSA) is 80.9 Å². The maximum absolute atomic E-state index is 5.75. The van der Waals surface area contributed by atoms with Gasteiger partial charge in [0.2, 0.25) is 0 Å². The van der Waals surface area contributed by atoms with Crippen molar-refractivity contribution < 1.29 is 14.0 Å². The lowest BCUT2D eigenvalue weighted by Gasteiger charge is -2.12. The molecule has 2 rings (SSSR count). The monoisotopic (exact) mass is 388 g/mol. The third kappa shape index (κ3) is 6.56. The number of benzene rings is 1. The number of methoxy groups -OCH3 is 1. The molecule has 1 aromatic carbocycles. The summed E-state index contributed by atoms with van der Waals surface area (Å²) in [4.78, 5) is 4.67. The van der Waals surface area contributed by atoms with E-state index in [0.717, 1.165) is 53.7 Å². The molecule has 0 saturated carbocycles. The molecule has 28 heavy (non-hydrogen) atoms. The van der Waals surface area contributed by atoms with Gasteiger partial charge >= 0.3 is 0 Å². The molecule has 7 heteroatoms. The van der Waals surface area contributed by atoms with Gasteiger partial charge in [0.25, 0.3) is 0 Å². The number of aromatic nitrogens is 1. The molecule has 7 nitrogen and oxygen atoms in total. The van der Waals surface area contributed by atoms with E-state index in [1.54, 1.807) is 7.11 Å². The summed E-state index contributed by atoms with van der Waals surface area (Å²) >= 11 is 0. The molecule has 0 aliphatic heterocycles. The van der Waals surface area contributed by atoms with Crippen LogP contribution in [-0.4, -0.2) is 37.9 Å². The van der Waals surface area contributed by atoms with Gasteiger partial charge in [-0.25, -0.2) is 4.99 Å². The number of hydrogen-bond donors (Lipinski definition) is 2. The summed E-state index contributed by atoms with van der Waals surface area (Å²) in [6, 6.07) is 7.89. The van der Waals surface area contributed by atoms with Crippen molar-refractivity contribution in [3.05, 3.63) is 46.8 Å². The van der Waals surface area contributed by atoms with Crippen LogP contribution in [0.5, 0.6) is 5.75 Å². The molecule has 0 unspecified atom stereocenters. The molecule has 0 atom stereocenters. The summed E-state index contributed by atoms with van der Waals surface area (Å²) in [5, 5.41) is 10.7. The van der Waals surface area contributed by atoms with Crippen LogP contribution in [0.4, 0.5) is 0 Å². The summed E-state index contributed by atoms with van der Waals surface area (Å²) in [5.74, 6) is 2.52. The summed E-state index contributed by atoms with van der Waals surface area (Å²) in [7, 11) is 1.66. The Bertz CT molecular complexity index is 722. The van der Waals surface area contributed by atoms with E-state index < -0.39 is 0 Å². The van der Waals surface area contributed by atoms with Gasteiger partial charge in [-0.1, -0.05) is 31.1 Å². The van der Waals surface area contributed by atoms with E-state index in [9.17, 15) is 0 Å². The van der Waals surface area contributed by atoms with Crippen molar-refractivity contribution in [3.63, 3.8) is 0 Å². The highest BCUT2D eigenvalue weighted by molar-refractivity contribution is 5.79. The summed E-state index contributed by atoms with van der Waals surface area (Å²) in [6.07, 6.45) is 1.66. The minimum atomic E-state index is 0.549. The number of nitrogens with zero attached hydrogens (tertiary/aromatic N) is 2. The quantitative estimate of drug-likeness (QED) is 0.350. The van der Waals surface area contributed by atoms with Crippen molar-refractivity contribution in [1.29, 1.82) is 0 Å². The fraction of sp³-hybridized carbons (Fsp3) is 0.524. The van der Waals surface area contributed by atoms with Gasteiger partial charge in [-0.15, -0.1) is 0 Å². The molecule has 154 valence electrons. The Kier molecular flexibility index (Phi) is 9.34. The number of guanidine groups is 1. The first-order valence-electron chi connectivity index (χ1n) is 9.90. The lowest BCUT2D eigenvalue weighted by molar-refractivity contribution is 0.125. The maximum atomic E-state index is 5.75. The lowest BCUT2D eigenvalue weighted by Crippen LogP contribution is -2.39. The highest BCUT2D eigenvalue weighted by Gasteiger charge is 2.13. The molecule has 1 aromatic heterocycles. The minimum Gasteiger partial charge on any atom is -0.497 e. The van der Waals surface area contributed by atoms with E-state index in [1.165, 1.54) is 0 Å². The average Bonchev–Trinajstić information content (AvgIpc) is 3.13.